The zero-order chi connectivity index (χ0) is 18.2. The van der Waals surface area contributed by atoms with Crippen LogP contribution in [0.2, 0.25) is 5.02 Å². The fourth-order valence-corrected chi connectivity index (χ4v) is 2.15. The lowest BCUT2D eigenvalue weighted by Gasteiger charge is -2.05. The van der Waals surface area contributed by atoms with Crippen LogP contribution in [0.1, 0.15) is 10.5 Å². The Bertz CT molecular complexity index is 987. The van der Waals surface area contributed by atoms with Crippen molar-refractivity contribution < 1.29 is 27.5 Å². The van der Waals surface area contributed by atoms with Gasteiger partial charge in [0, 0.05) is 10.4 Å². The molecule has 1 N–H and O–H groups in total. The molecule has 128 valence electrons. The summed E-state index contributed by atoms with van der Waals surface area (Å²) in [4.78, 5) is 26.8. The number of fused-ring (bicyclic) bond motifs is 1. The maximum atomic E-state index is 12.2. The summed E-state index contributed by atoms with van der Waals surface area (Å²) in [7, 11) is 0. The third kappa shape index (κ3) is 3.43. The fourth-order valence-electron chi connectivity index (χ4n) is 1.97. The number of aromatic amines is 1. The second-order valence-corrected chi connectivity index (χ2v) is 5.18. The number of nitrogens with one attached hydrogen (secondary N) is 1. The molecule has 0 spiro atoms. The Kier molecular flexibility index (Phi) is 4.13. The number of aromatic nitrogens is 4. The zero-order valence-electron chi connectivity index (χ0n) is 12.0. The van der Waals surface area contributed by atoms with Gasteiger partial charge in [0.25, 0.3) is 0 Å². The van der Waals surface area contributed by atoms with E-state index in [0.29, 0.717) is 15.9 Å². The van der Waals surface area contributed by atoms with Crippen LogP contribution in [0.3, 0.4) is 0 Å². The van der Waals surface area contributed by atoms with Gasteiger partial charge in [-0.15, -0.1) is 5.10 Å². The van der Waals surface area contributed by atoms with Crippen molar-refractivity contribution in [2.24, 2.45) is 0 Å². The van der Waals surface area contributed by atoms with Crippen molar-refractivity contribution in [2.45, 2.75) is 6.18 Å². The number of carbonyl (C=O) groups is 2. The molecule has 0 unspecified atom stereocenters. The van der Waals surface area contributed by atoms with Crippen LogP contribution in [0.4, 0.5) is 13.2 Å². The van der Waals surface area contributed by atoms with E-state index in [1.165, 1.54) is 6.07 Å². The first kappa shape index (κ1) is 16.8. The molecule has 2 aromatic heterocycles. The summed E-state index contributed by atoms with van der Waals surface area (Å²) < 4.78 is 40.3. The van der Waals surface area contributed by atoms with Gasteiger partial charge < -0.3 is 4.74 Å². The number of halogens is 4. The lowest BCUT2D eigenvalue weighted by Crippen LogP contribution is -2.28. The molecule has 25 heavy (non-hydrogen) atoms. The summed E-state index contributed by atoms with van der Waals surface area (Å²) in [6.45, 7) is 0. The third-order valence-electron chi connectivity index (χ3n) is 3.06. The highest BCUT2D eigenvalue weighted by Crippen LogP contribution is 2.24. The van der Waals surface area contributed by atoms with E-state index < -0.39 is 23.8 Å². The number of H-pyrrole nitrogens is 1. The minimum absolute atomic E-state index is 0.148. The van der Waals surface area contributed by atoms with Gasteiger partial charge in [-0.2, -0.15) is 13.2 Å². The van der Waals surface area contributed by atoms with Crippen molar-refractivity contribution in [1.82, 2.24) is 20.4 Å². The number of pyridine rings is 1. The number of ether oxygens (including phenoxy) is 1. The van der Waals surface area contributed by atoms with Crippen molar-refractivity contribution in [3.05, 3.63) is 41.0 Å². The number of nitrogens with zero attached hydrogens (tertiary/aromatic N) is 3. The van der Waals surface area contributed by atoms with Crippen molar-refractivity contribution in [3.63, 3.8) is 0 Å². The van der Waals surface area contributed by atoms with E-state index in [0.717, 1.165) is 0 Å². The fraction of sp³-hybridized carbons (Fsp3) is 0.0714. The lowest BCUT2D eigenvalue weighted by molar-refractivity contribution is -0.193. The topological polar surface area (TPSA) is 97.8 Å². The highest BCUT2D eigenvalue weighted by Gasteiger charge is 2.43. The molecule has 0 radical (unpaired) electrons. The predicted molar refractivity (Wildman–Crippen MR) is 78.6 cm³/mol. The first-order valence-electron chi connectivity index (χ1n) is 6.57. The van der Waals surface area contributed by atoms with E-state index in [2.05, 4.69) is 25.1 Å². The maximum Gasteiger partial charge on any atom is 0.491 e. The highest BCUT2D eigenvalue weighted by molar-refractivity contribution is 6.31. The SMILES string of the molecule is O=C(OC(=O)C(F)(F)F)c1[nH]nnc1-c1ccc2cc(Cl)ccc2n1. The first-order valence-corrected chi connectivity index (χ1v) is 6.94. The number of benzene rings is 1. The van der Waals surface area contributed by atoms with Gasteiger partial charge in [0.1, 0.15) is 5.69 Å². The predicted octanol–water partition coefficient (Wildman–Crippen LogP) is 2.92. The van der Waals surface area contributed by atoms with Crippen LogP contribution in [0.5, 0.6) is 0 Å². The first-order chi connectivity index (χ1) is 11.8. The summed E-state index contributed by atoms with van der Waals surface area (Å²) in [5.41, 5.74) is -0.0270. The summed E-state index contributed by atoms with van der Waals surface area (Å²) in [5.74, 6) is -4.21. The highest BCUT2D eigenvalue weighted by atomic mass is 35.5. The molecule has 0 saturated heterocycles. The summed E-state index contributed by atoms with van der Waals surface area (Å²) in [6, 6.07) is 7.98. The quantitative estimate of drug-likeness (QED) is 0.550. The van der Waals surface area contributed by atoms with Gasteiger partial charge in [-0.1, -0.05) is 22.9 Å². The average Bonchev–Trinajstić information content (AvgIpc) is 3.03. The Morgan fingerprint density at radius 3 is 2.64 bits per heavy atom. The minimum Gasteiger partial charge on any atom is -0.381 e. The Morgan fingerprint density at radius 2 is 1.92 bits per heavy atom. The molecule has 0 aliphatic rings. The number of carbonyl (C=O) groups excluding carboxylic acids is 2. The molecule has 0 saturated carbocycles. The normalized spacial score (nSPS) is 11.5. The summed E-state index contributed by atoms with van der Waals surface area (Å²) >= 11 is 5.87. The molecule has 2 heterocycles. The third-order valence-corrected chi connectivity index (χ3v) is 3.30. The molecule has 3 aromatic rings. The van der Waals surface area contributed by atoms with Gasteiger partial charge >= 0.3 is 18.1 Å². The van der Waals surface area contributed by atoms with Crippen LogP contribution in [0.25, 0.3) is 22.3 Å². The molecule has 0 atom stereocenters. The minimum atomic E-state index is -5.30. The van der Waals surface area contributed by atoms with Gasteiger partial charge in [0.2, 0.25) is 0 Å². The lowest BCUT2D eigenvalue weighted by atomic mass is 10.1. The zero-order valence-corrected chi connectivity index (χ0v) is 12.7. The summed E-state index contributed by atoms with van der Waals surface area (Å²) in [6.07, 6.45) is -5.30. The monoisotopic (exact) mass is 370 g/mol. The summed E-state index contributed by atoms with van der Waals surface area (Å²) in [5, 5.41) is 10.3. The number of hydrogen-bond donors (Lipinski definition) is 1. The van der Waals surface area contributed by atoms with Gasteiger partial charge in [-0.25, -0.2) is 14.6 Å². The number of rotatable bonds is 2. The van der Waals surface area contributed by atoms with Crippen LogP contribution < -0.4 is 0 Å². The Balaban J connectivity index is 1.95. The molecular weight excluding hydrogens is 365 g/mol. The van der Waals surface area contributed by atoms with Crippen molar-refractivity contribution in [2.75, 3.05) is 0 Å². The van der Waals surface area contributed by atoms with Crippen LogP contribution >= 0.6 is 11.6 Å². The molecule has 0 amide bonds. The molecule has 0 bridgehead atoms. The Hall–Kier alpha value is -3.01. The second-order valence-electron chi connectivity index (χ2n) is 4.74. The molecule has 7 nitrogen and oxygen atoms in total. The molecule has 0 fully saturated rings. The average molecular weight is 371 g/mol. The van der Waals surface area contributed by atoms with Gasteiger partial charge in [-0.05, 0) is 24.3 Å². The van der Waals surface area contributed by atoms with E-state index in [9.17, 15) is 22.8 Å². The van der Waals surface area contributed by atoms with Crippen molar-refractivity contribution in [3.8, 4) is 11.4 Å². The van der Waals surface area contributed by atoms with E-state index in [1.54, 1.807) is 24.3 Å². The number of alkyl halides is 3. The molecule has 3 rings (SSSR count). The largest absolute Gasteiger partial charge is 0.491 e. The van der Waals surface area contributed by atoms with Crippen molar-refractivity contribution >= 4 is 34.4 Å². The molecular formula is C14H6ClF3N4O3. The van der Waals surface area contributed by atoms with Crippen LogP contribution in [-0.4, -0.2) is 38.5 Å². The van der Waals surface area contributed by atoms with Crippen LogP contribution in [0.15, 0.2) is 30.3 Å². The van der Waals surface area contributed by atoms with E-state index >= 15 is 0 Å². The Labute approximate surface area is 141 Å². The van der Waals surface area contributed by atoms with E-state index in [-0.39, 0.29) is 11.4 Å². The van der Waals surface area contributed by atoms with Crippen LogP contribution in [0, 0.1) is 0 Å². The molecule has 1 aromatic carbocycles. The van der Waals surface area contributed by atoms with Gasteiger partial charge in [0.15, 0.2) is 5.69 Å². The van der Waals surface area contributed by atoms with Gasteiger partial charge in [-0.3, -0.25) is 5.10 Å². The maximum absolute atomic E-state index is 12.2. The van der Waals surface area contributed by atoms with Gasteiger partial charge in [0.05, 0.1) is 11.2 Å². The standard InChI is InChI=1S/C14H6ClF3N4O3/c15-7-2-4-8-6(5-7)1-3-9(19-8)10-11(21-22-20-10)12(23)25-13(24)14(16,17)18/h1-5H,(H,20,21,22). The molecule has 0 aliphatic heterocycles. The van der Waals surface area contributed by atoms with Crippen molar-refractivity contribution in [1.29, 1.82) is 0 Å². The van der Waals surface area contributed by atoms with E-state index in [1.807, 2.05) is 0 Å². The number of esters is 2. The smallest absolute Gasteiger partial charge is 0.381 e. The molecule has 11 heteroatoms. The number of hydrogen-bond acceptors (Lipinski definition) is 6. The second kappa shape index (κ2) is 6.13. The molecule has 0 aliphatic carbocycles. The van der Waals surface area contributed by atoms with E-state index in [4.69, 9.17) is 11.6 Å². The van der Waals surface area contributed by atoms with Crippen LogP contribution in [-0.2, 0) is 9.53 Å². The Morgan fingerprint density at radius 1 is 1.16 bits per heavy atom.